The zero-order valence-electron chi connectivity index (χ0n) is 16.6. The van der Waals surface area contributed by atoms with Crippen molar-refractivity contribution in [2.45, 2.75) is 37.1 Å². The lowest BCUT2D eigenvalue weighted by Gasteiger charge is -2.28. The van der Waals surface area contributed by atoms with Gasteiger partial charge in [0, 0.05) is 31.2 Å². The maximum Gasteiger partial charge on any atom is 0.254 e. The average molecular weight is 445 g/mol. The van der Waals surface area contributed by atoms with Crippen LogP contribution in [0.15, 0.2) is 29.2 Å². The molecule has 162 valence electrons. The van der Waals surface area contributed by atoms with E-state index in [4.69, 9.17) is 4.74 Å². The van der Waals surface area contributed by atoms with Crippen LogP contribution in [-0.2, 0) is 24.6 Å². The van der Waals surface area contributed by atoms with Crippen LogP contribution in [0.2, 0.25) is 0 Å². The molecule has 0 aromatic heterocycles. The first-order chi connectivity index (χ1) is 13.7. The van der Waals surface area contributed by atoms with Gasteiger partial charge in [0.15, 0.2) is 9.84 Å². The van der Waals surface area contributed by atoms with E-state index in [2.05, 4.69) is 0 Å². The summed E-state index contributed by atoms with van der Waals surface area (Å²) in [6, 6.07) is 5.59. The van der Waals surface area contributed by atoms with E-state index < -0.39 is 19.9 Å². The second kappa shape index (κ2) is 9.11. The fourth-order valence-electron chi connectivity index (χ4n) is 3.67. The first-order valence-electron chi connectivity index (χ1n) is 9.94. The SMILES string of the molecule is CCCCN(C(=O)c1ccc(S(=O)(=O)N2CCOCC2)cc1)[C@@H]1CCS(=O)(=O)C1. The molecular weight excluding hydrogens is 416 g/mol. The van der Waals surface area contributed by atoms with E-state index >= 15 is 0 Å². The number of sulfonamides is 1. The molecule has 29 heavy (non-hydrogen) atoms. The van der Waals surface area contributed by atoms with Crippen molar-refractivity contribution in [1.82, 2.24) is 9.21 Å². The van der Waals surface area contributed by atoms with Crippen molar-refractivity contribution in [3.63, 3.8) is 0 Å². The molecule has 1 amide bonds. The summed E-state index contributed by atoms with van der Waals surface area (Å²) in [4.78, 5) is 14.8. The maximum absolute atomic E-state index is 13.1. The smallest absolute Gasteiger partial charge is 0.254 e. The Balaban J connectivity index is 1.78. The number of hydrogen-bond donors (Lipinski definition) is 0. The van der Waals surface area contributed by atoms with Gasteiger partial charge >= 0.3 is 0 Å². The summed E-state index contributed by atoms with van der Waals surface area (Å²) in [7, 11) is -6.73. The predicted molar refractivity (Wildman–Crippen MR) is 109 cm³/mol. The summed E-state index contributed by atoms with van der Waals surface area (Å²) in [6.07, 6.45) is 2.12. The lowest BCUT2D eigenvalue weighted by Crippen LogP contribution is -2.42. The first-order valence-corrected chi connectivity index (χ1v) is 13.2. The van der Waals surface area contributed by atoms with E-state index in [0.717, 1.165) is 12.8 Å². The summed E-state index contributed by atoms with van der Waals surface area (Å²) < 4.78 is 55.8. The van der Waals surface area contributed by atoms with Crippen LogP contribution in [0.3, 0.4) is 0 Å². The number of amides is 1. The number of nitrogens with zero attached hydrogens (tertiary/aromatic N) is 2. The van der Waals surface area contributed by atoms with E-state index in [1.54, 1.807) is 4.90 Å². The van der Waals surface area contributed by atoms with Gasteiger partial charge in [0.05, 0.1) is 29.6 Å². The van der Waals surface area contributed by atoms with Gasteiger partial charge in [-0.05, 0) is 37.1 Å². The maximum atomic E-state index is 13.1. The molecule has 0 unspecified atom stereocenters. The average Bonchev–Trinajstić information content (AvgIpc) is 3.08. The highest BCUT2D eigenvalue weighted by Crippen LogP contribution is 2.22. The highest BCUT2D eigenvalue weighted by molar-refractivity contribution is 7.91. The van der Waals surface area contributed by atoms with E-state index in [0.29, 0.717) is 44.8 Å². The minimum Gasteiger partial charge on any atom is -0.379 e. The Morgan fingerprint density at radius 3 is 2.41 bits per heavy atom. The molecular formula is C19H28N2O6S2. The summed E-state index contributed by atoms with van der Waals surface area (Å²) in [5.41, 5.74) is 0.367. The van der Waals surface area contributed by atoms with Gasteiger partial charge < -0.3 is 9.64 Å². The number of carbonyl (C=O) groups is 1. The molecule has 0 radical (unpaired) electrons. The van der Waals surface area contributed by atoms with Crippen LogP contribution >= 0.6 is 0 Å². The van der Waals surface area contributed by atoms with Crippen LogP contribution < -0.4 is 0 Å². The molecule has 2 aliphatic rings. The minimum absolute atomic E-state index is 0.00799. The molecule has 2 saturated heterocycles. The van der Waals surface area contributed by atoms with Gasteiger partial charge in [-0.1, -0.05) is 13.3 Å². The highest BCUT2D eigenvalue weighted by atomic mass is 32.2. The third-order valence-corrected chi connectivity index (χ3v) is 9.03. The Hall–Kier alpha value is -1.49. The molecule has 0 spiro atoms. The molecule has 8 nitrogen and oxygen atoms in total. The number of unbranched alkanes of at least 4 members (excludes halogenated alkanes) is 1. The lowest BCUT2D eigenvalue weighted by atomic mass is 10.1. The van der Waals surface area contributed by atoms with Gasteiger partial charge in [-0.25, -0.2) is 16.8 Å². The largest absolute Gasteiger partial charge is 0.379 e. The molecule has 2 aliphatic heterocycles. The Morgan fingerprint density at radius 1 is 1.21 bits per heavy atom. The molecule has 0 saturated carbocycles. The highest BCUT2D eigenvalue weighted by Gasteiger charge is 2.35. The normalized spacial score (nSPS) is 22.4. The minimum atomic E-state index is -3.62. The predicted octanol–water partition coefficient (Wildman–Crippen LogP) is 1.14. The monoisotopic (exact) mass is 444 g/mol. The molecule has 2 heterocycles. The molecule has 0 N–H and O–H groups in total. The third-order valence-electron chi connectivity index (χ3n) is 5.37. The fourth-order valence-corrected chi connectivity index (χ4v) is 6.81. The van der Waals surface area contributed by atoms with Gasteiger partial charge in [0.2, 0.25) is 10.0 Å². The molecule has 1 aromatic rings. The van der Waals surface area contributed by atoms with Crippen molar-refractivity contribution in [1.29, 1.82) is 0 Å². The molecule has 10 heteroatoms. The number of carbonyl (C=O) groups excluding carboxylic acids is 1. The van der Waals surface area contributed by atoms with Crippen LogP contribution in [0.4, 0.5) is 0 Å². The number of benzene rings is 1. The molecule has 3 rings (SSSR count). The summed E-state index contributed by atoms with van der Waals surface area (Å²) in [5, 5.41) is 0. The summed E-state index contributed by atoms with van der Waals surface area (Å²) in [6.45, 7) is 3.86. The van der Waals surface area contributed by atoms with Gasteiger partial charge in [-0.3, -0.25) is 4.79 Å². The second-order valence-corrected chi connectivity index (χ2v) is 11.6. The van der Waals surface area contributed by atoms with E-state index in [1.165, 1.54) is 28.6 Å². The number of ether oxygens (including phenoxy) is 1. The van der Waals surface area contributed by atoms with Crippen LogP contribution in [0.1, 0.15) is 36.5 Å². The topological polar surface area (TPSA) is 101 Å². The standard InChI is InChI=1S/C19H28N2O6S2/c1-2-3-9-21(17-8-14-28(23,24)15-17)19(22)16-4-6-18(7-5-16)29(25,26)20-10-12-27-13-11-20/h4-7,17H,2-3,8-15H2,1H3/t17-/m1/s1. The molecule has 0 bridgehead atoms. The van der Waals surface area contributed by atoms with E-state index in [1.807, 2.05) is 6.92 Å². The van der Waals surface area contributed by atoms with Crippen LogP contribution in [0.5, 0.6) is 0 Å². The van der Waals surface area contributed by atoms with Crippen molar-refractivity contribution in [3.05, 3.63) is 29.8 Å². The lowest BCUT2D eigenvalue weighted by molar-refractivity contribution is 0.0694. The van der Waals surface area contributed by atoms with Crippen molar-refractivity contribution in [3.8, 4) is 0 Å². The van der Waals surface area contributed by atoms with Crippen LogP contribution in [0, 0.1) is 0 Å². The fraction of sp³-hybridized carbons (Fsp3) is 0.632. The van der Waals surface area contributed by atoms with Gasteiger partial charge in [-0.2, -0.15) is 4.31 Å². The molecule has 1 atom stereocenters. The Labute approximate surface area is 172 Å². The van der Waals surface area contributed by atoms with Gasteiger partial charge in [0.1, 0.15) is 0 Å². The van der Waals surface area contributed by atoms with Crippen molar-refractivity contribution in [2.75, 3.05) is 44.4 Å². The number of rotatable bonds is 7. The second-order valence-electron chi connectivity index (χ2n) is 7.45. The van der Waals surface area contributed by atoms with Crippen LogP contribution in [-0.4, -0.2) is 82.3 Å². The summed E-state index contributed by atoms with van der Waals surface area (Å²) in [5.74, 6) is -0.160. The van der Waals surface area contributed by atoms with Crippen LogP contribution in [0.25, 0.3) is 0 Å². The summed E-state index contributed by atoms with van der Waals surface area (Å²) >= 11 is 0. The first kappa shape index (κ1) is 22.2. The zero-order chi connectivity index (χ0) is 21.1. The quantitative estimate of drug-likeness (QED) is 0.625. The Morgan fingerprint density at radius 2 is 1.86 bits per heavy atom. The molecule has 0 aliphatic carbocycles. The third kappa shape index (κ3) is 5.17. The Bertz CT molecular complexity index is 922. The van der Waals surface area contributed by atoms with Crippen molar-refractivity contribution in [2.24, 2.45) is 0 Å². The number of morpholine rings is 1. The molecule has 1 aromatic carbocycles. The zero-order valence-corrected chi connectivity index (χ0v) is 18.3. The van der Waals surface area contributed by atoms with Crippen molar-refractivity contribution < 1.29 is 26.4 Å². The number of hydrogen-bond acceptors (Lipinski definition) is 6. The Kier molecular flexibility index (Phi) is 6.98. The van der Waals surface area contributed by atoms with E-state index in [-0.39, 0.29) is 28.4 Å². The number of sulfone groups is 1. The molecule has 2 fully saturated rings. The van der Waals surface area contributed by atoms with Gasteiger partial charge in [0.25, 0.3) is 5.91 Å². The van der Waals surface area contributed by atoms with Crippen molar-refractivity contribution >= 4 is 25.8 Å². The van der Waals surface area contributed by atoms with Gasteiger partial charge in [-0.15, -0.1) is 0 Å². The van der Waals surface area contributed by atoms with E-state index in [9.17, 15) is 21.6 Å².